The molecule has 3 aromatic rings. The molecular formula is C27H37NSiTi. The van der Waals surface area contributed by atoms with Crippen molar-refractivity contribution in [2.75, 3.05) is 0 Å². The maximum absolute atomic E-state index is 6.94. The van der Waals surface area contributed by atoms with Gasteiger partial charge >= 0.3 is 21.7 Å². The summed E-state index contributed by atoms with van der Waals surface area (Å²) in [4.78, 5) is 0. The van der Waals surface area contributed by atoms with E-state index in [-0.39, 0.29) is 53.1 Å². The Hall–Kier alpha value is -1.58. The Morgan fingerprint density at radius 3 is 1.93 bits per heavy atom. The van der Waals surface area contributed by atoms with E-state index in [2.05, 4.69) is 74.2 Å². The van der Waals surface area contributed by atoms with Gasteiger partial charge in [-0.2, -0.15) is 6.07 Å². The second-order valence-electron chi connectivity index (χ2n) is 7.22. The molecule has 0 atom stereocenters. The number of aryl methyl sites for hydroxylation is 1. The Balaban J connectivity index is -0.000000209. The third-order valence-electron chi connectivity index (χ3n) is 3.31. The van der Waals surface area contributed by atoms with Gasteiger partial charge in [-0.05, 0) is 12.5 Å². The summed E-state index contributed by atoms with van der Waals surface area (Å²) in [6.07, 6.45) is 5.58. The second kappa shape index (κ2) is 18.2. The van der Waals surface area contributed by atoms with Crippen molar-refractivity contribution in [1.82, 2.24) is 0 Å². The monoisotopic (exact) mass is 451 g/mol. The van der Waals surface area contributed by atoms with Crippen molar-refractivity contribution < 1.29 is 21.7 Å². The third kappa shape index (κ3) is 14.4. The van der Waals surface area contributed by atoms with Gasteiger partial charge < -0.3 is 20.6 Å². The van der Waals surface area contributed by atoms with Gasteiger partial charge in [0.2, 0.25) is 0 Å². The number of hydrogen-bond donors (Lipinski definition) is 0. The van der Waals surface area contributed by atoms with Crippen LogP contribution in [0.5, 0.6) is 0 Å². The molecule has 0 spiro atoms. The summed E-state index contributed by atoms with van der Waals surface area (Å²) in [5.41, 5.74) is 10.6. The number of allylic oxidation sites excluding steroid dienone is 3. The van der Waals surface area contributed by atoms with Crippen LogP contribution in [0.25, 0.3) is 27.6 Å². The molecule has 30 heavy (non-hydrogen) atoms. The van der Waals surface area contributed by atoms with Crippen LogP contribution in [0.3, 0.4) is 0 Å². The number of rotatable bonds is 2. The molecule has 0 fully saturated rings. The molecule has 0 heterocycles. The van der Waals surface area contributed by atoms with Crippen molar-refractivity contribution in [2.24, 2.45) is 0 Å². The standard InChI is InChI=1S/C16H13.C5H8.C4H10N.2CH3.Si.Ti/c1-12-10-14-8-5-9-15(16(14)11-12)13-6-3-2-4-7-13;1-3-5-4-2;1-4(2,3)5;;;;/h2-11H,1H3;3-5H,1H2,2H3;5H,1-3H3;2*1H3;;/q-1;;3*-1;;+4. The van der Waals surface area contributed by atoms with E-state index in [1.54, 1.807) is 6.08 Å². The van der Waals surface area contributed by atoms with Gasteiger partial charge in [-0.15, -0.1) is 40.1 Å². The molecule has 158 valence electrons. The number of nitrogens with one attached hydrogen (secondary N) is 1. The molecule has 0 aliphatic rings. The summed E-state index contributed by atoms with van der Waals surface area (Å²) in [5.74, 6) is 0. The molecule has 4 radical (unpaired) electrons. The molecule has 1 N–H and O–H groups in total. The van der Waals surface area contributed by atoms with Crippen LogP contribution >= 0.6 is 0 Å². The zero-order valence-electron chi connectivity index (χ0n) is 19.7. The Morgan fingerprint density at radius 2 is 1.50 bits per heavy atom. The Labute approximate surface area is 205 Å². The van der Waals surface area contributed by atoms with E-state index in [1.165, 1.54) is 27.5 Å². The number of benzene rings is 2. The van der Waals surface area contributed by atoms with Gasteiger partial charge in [0.05, 0.1) is 0 Å². The van der Waals surface area contributed by atoms with Gasteiger partial charge in [-0.25, -0.2) is 0 Å². The minimum atomic E-state index is -0.250. The molecule has 1 nitrogen and oxygen atoms in total. The maximum Gasteiger partial charge on any atom is 4.00 e. The predicted molar refractivity (Wildman–Crippen MR) is 137 cm³/mol. The van der Waals surface area contributed by atoms with Gasteiger partial charge in [-0.1, -0.05) is 94.5 Å². The largest absolute Gasteiger partial charge is 4.00 e. The van der Waals surface area contributed by atoms with Crippen LogP contribution in [0.15, 0.2) is 85.5 Å². The first-order valence-electron chi connectivity index (χ1n) is 8.96. The zero-order valence-corrected chi connectivity index (χ0v) is 22.3. The summed E-state index contributed by atoms with van der Waals surface area (Å²) in [6, 6.07) is 21.6. The SMILES string of the molecule is C=CC=CC.CC(C)(C)[NH-].Cc1cc2c(-c3ccccc3)cccc2[cH-]1.[CH3-].[CH3-].[Si].[Ti+4]. The molecule has 0 unspecified atom stereocenters. The van der Waals surface area contributed by atoms with Crippen LogP contribution in [0.1, 0.15) is 33.3 Å². The van der Waals surface area contributed by atoms with E-state index in [0.717, 1.165) is 0 Å². The summed E-state index contributed by atoms with van der Waals surface area (Å²) in [7, 11) is 0. The Morgan fingerprint density at radius 1 is 0.967 bits per heavy atom. The van der Waals surface area contributed by atoms with Crippen LogP contribution in [0.4, 0.5) is 0 Å². The normalized spacial score (nSPS) is 9.27. The van der Waals surface area contributed by atoms with Gasteiger partial charge in [-0.3, -0.25) is 0 Å². The van der Waals surface area contributed by atoms with Gasteiger partial charge in [0.15, 0.2) is 0 Å². The van der Waals surface area contributed by atoms with E-state index >= 15 is 0 Å². The Bertz CT molecular complexity index is 821. The second-order valence-corrected chi connectivity index (χ2v) is 7.22. The van der Waals surface area contributed by atoms with Crippen LogP contribution in [-0.2, 0) is 21.7 Å². The molecule has 3 heteroatoms. The van der Waals surface area contributed by atoms with Crippen molar-refractivity contribution in [3.8, 4) is 11.1 Å². The van der Waals surface area contributed by atoms with Crippen LogP contribution in [-0.4, -0.2) is 16.5 Å². The van der Waals surface area contributed by atoms with Gasteiger partial charge in [0, 0.05) is 11.0 Å². The topological polar surface area (TPSA) is 23.8 Å². The van der Waals surface area contributed by atoms with Crippen molar-refractivity contribution in [1.29, 1.82) is 0 Å². The number of hydrogen-bond acceptors (Lipinski definition) is 0. The third-order valence-corrected chi connectivity index (χ3v) is 3.31. The van der Waals surface area contributed by atoms with Crippen molar-refractivity contribution >= 4 is 21.7 Å². The van der Waals surface area contributed by atoms with E-state index < -0.39 is 0 Å². The first-order valence-corrected chi connectivity index (χ1v) is 8.96. The molecular weight excluding hydrogens is 414 g/mol. The molecule has 0 aliphatic carbocycles. The minimum Gasteiger partial charge on any atom is -0.673 e. The van der Waals surface area contributed by atoms with E-state index in [1.807, 2.05) is 39.8 Å². The predicted octanol–water partition coefficient (Wildman–Crippen LogP) is 8.64. The van der Waals surface area contributed by atoms with Crippen molar-refractivity contribution in [2.45, 2.75) is 40.2 Å². The van der Waals surface area contributed by atoms with Crippen molar-refractivity contribution in [3.63, 3.8) is 0 Å². The van der Waals surface area contributed by atoms with Crippen LogP contribution < -0.4 is 0 Å². The minimum absolute atomic E-state index is 0. The first-order chi connectivity index (χ1) is 12.3. The zero-order chi connectivity index (χ0) is 19.6. The maximum atomic E-state index is 6.94. The molecule has 0 saturated carbocycles. The fourth-order valence-corrected chi connectivity index (χ4v) is 2.39. The Kier molecular flexibility index (Phi) is 21.8. The van der Waals surface area contributed by atoms with Gasteiger partial charge in [0.1, 0.15) is 0 Å². The molecule has 0 aromatic heterocycles. The first kappa shape index (κ1) is 35.8. The molecule has 3 aromatic carbocycles. The average molecular weight is 452 g/mol. The van der Waals surface area contributed by atoms with E-state index in [0.29, 0.717) is 0 Å². The molecule has 0 saturated heterocycles. The summed E-state index contributed by atoms with van der Waals surface area (Å²) >= 11 is 0. The fourth-order valence-electron chi connectivity index (χ4n) is 2.39. The smallest absolute Gasteiger partial charge is 0.673 e. The van der Waals surface area contributed by atoms with Crippen LogP contribution in [0, 0.1) is 21.8 Å². The number of fused-ring (bicyclic) bond motifs is 1. The summed E-state index contributed by atoms with van der Waals surface area (Å²) < 4.78 is 0. The van der Waals surface area contributed by atoms with Gasteiger partial charge in [0.25, 0.3) is 0 Å². The quantitative estimate of drug-likeness (QED) is 0.211. The average Bonchev–Trinajstić information content (AvgIpc) is 2.95. The molecule has 0 amide bonds. The van der Waals surface area contributed by atoms with Crippen molar-refractivity contribution in [3.05, 3.63) is 112 Å². The van der Waals surface area contributed by atoms with Crippen LogP contribution in [0.2, 0.25) is 0 Å². The van der Waals surface area contributed by atoms with E-state index in [4.69, 9.17) is 5.73 Å². The fraction of sp³-hybridized carbons (Fsp3) is 0.222. The summed E-state index contributed by atoms with van der Waals surface area (Å²) in [6.45, 7) is 13.1. The van der Waals surface area contributed by atoms with E-state index in [9.17, 15) is 0 Å². The summed E-state index contributed by atoms with van der Waals surface area (Å²) in [5, 5.41) is 2.69. The molecule has 3 rings (SSSR count). The molecule has 0 aliphatic heterocycles. The molecule has 0 bridgehead atoms.